The van der Waals surface area contributed by atoms with Crippen molar-refractivity contribution in [2.45, 2.75) is 0 Å². The van der Waals surface area contributed by atoms with Crippen LogP contribution in [0.3, 0.4) is 0 Å². The second-order valence-corrected chi connectivity index (χ2v) is 12.6. The first-order chi connectivity index (χ1) is 14.6. The van der Waals surface area contributed by atoms with Crippen LogP contribution in [-0.4, -0.2) is 96.1 Å². The Morgan fingerprint density at radius 1 is 0.667 bits per heavy atom. The summed E-state index contributed by atoms with van der Waals surface area (Å²) in [5, 5.41) is 18.3. The van der Waals surface area contributed by atoms with Crippen molar-refractivity contribution in [2.75, 3.05) is 76.7 Å². The Kier molecular flexibility index (Phi) is 44.2. The highest BCUT2D eigenvalue weighted by Gasteiger charge is 1.87. The van der Waals surface area contributed by atoms with E-state index in [1.54, 1.807) is 12.4 Å². The van der Waals surface area contributed by atoms with Gasteiger partial charge in [0.25, 0.3) is 0 Å². The molecular weight excluding hydrogens is 682 g/mol. The maximum atomic E-state index is 9.39. The number of ether oxygens (including phenoxy) is 4. The summed E-state index contributed by atoms with van der Waals surface area (Å²) in [6.07, 6.45) is 3.50. The fourth-order valence-electron chi connectivity index (χ4n) is 1.19. The van der Waals surface area contributed by atoms with Crippen molar-refractivity contribution < 1.29 is 33.4 Å². The van der Waals surface area contributed by atoms with Crippen molar-refractivity contribution in [1.82, 2.24) is 4.98 Å². The molecule has 0 aliphatic heterocycles. The maximum absolute atomic E-state index is 9.39. The van der Waals surface area contributed by atoms with E-state index in [0.717, 1.165) is 23.9 Å². The van der Waals surface area contributed by atoms with E-state index in [4.69, 9.17) is 29.2 Å². The minimum absolute atomic E-state index is 0.0417. The predicted molar refractivity (Wildman–Crippen MR) is 135 cm³/mol. The van der Waals surface area contributed by atoms with Gasteiger partial charge in [-0.3, -0.25) is 4.98 Å². The van der Waals surface area contributed by atoms with Crippen molar-refractivity contribution in [2.24, 2.45) is 0 Å². The zero-order valence-electron chi connectivity index (χ0n) is 16.7. The van der Waals surface area contributed by atoms with Gasteiger partial charge in [0.1, 0.15) is 0 Å². The highest BCUT2D eigenvalue weighted by molar-refractivity contribution is 9.78. The number of halogens is 4. The van der Waals surface area contributed by atoms with Crippen LogP contribution in [0.5, 0.6) is 0 Å². The smallest absolute Gasteiger partial charge is 0.158 e. The lowest BCUT2D eigenvalue weighted by Crippen LogP contribution is -2.09. The average Bonchev–Trinajstić information content (AvgIpc) is 2.75. The van der Waals surface area contributed by atoms with E-state index >= 15 is 0 Å². The van der Waals surface area contributed by atoms with Gasteiger partial charge >= 0.3 is 0 Å². The van der Waals surface area contributed by atoms with Gasteiger partial charge in [-0.25, -0.2) is 4.21 Å². The summed E-state index contributed by atoms with van der Waals surface area (Å²) < 4.78 is 29.4. The molecule has 1 aromatic rings. The van der Waals surface area contributed by atoms with Crippen molar-refractivity contribution in [3.8, 4) is 0 Å². The van der Waals surface area contributed by atoms with Crippen LogP contribution in [0, 0.1) is 0 Å². The van der Waals surface area contributed by atoms with Gasteiger partial charge in [-0.2, -0.15) is 0 Å². The molecule has 2 N–H and O–H groups in total. The van der Waals surface area contributed by atoms with Gasteiger partial charge in [-0.1, -0.05) is 37.9 Å². The summed E-state index contributed by atoms with van der Waals surface area (Å²) in [6.45, 7) is 4.64. The van der Waals surface area contributed by atoms with E-state index in [0.29, 0.717) is 39.6 Å². The van der Waals surface area contributed by atoms with Crippen molar-refractivity contribution in [3.05, 3.63) is 30.6 Å². The first-order valence-electron chi connectivity index (χ1n) is 8.80. The number of hydrogen-bond donors (Lipinski definition) is 2. The molecule has 1 aromatic heterocycles. The SMILES string of the molecule is BrCCOCCOCCBr.O=S(Br)Br.OCCOCCOCCO.c1ccncc1. The van der Waals surface area contributed by atoms with Gasteiger partial charge in [0.05, 0.1) is 66.1 Å². The molecule has 0 aliphatic carbocycles. The topological polar surface area (TPSA) is 107 Å². The maximum Gasteiger partial charge on any atom is 0.158 e. The van der Waals surface area contributed by atoms with Gasteiger partial charge in [-0.05, 0) is 12.1 Å². The number of nitrogens with zero attached hydrogens (tertiary/aromatic N) is 1. The molecule has 0 saturated carbocycles. The zero-order valence-corrected chi connectivity index (χ0v) is 23.8. The Labute approximate surface area is 213 Å². The van der Waals surface area contributed by atoms with E-state index in [1.165, 1.54) is 0 Å². The summed E-state index contributed by atoms with van der Waals surface area (Å²) in [4.78, 5) is 3.78. The van der Waals surface area contributed by atoms with Crippen LogP contribution < -0.4 is 0 Å². The van der Waals surface area contributed by atoms with Gasteiger partial charge in [-0.15, -0.1) is 0 Å². The summed E-state index contributed by atoms with van der Waals surface area (Å²) >= 11 is 11.8. The molecule has 0 aliphatic rings. The Bertz CT molecular complexity index is 352. The van der Waals surface area contributed by atoms with Crippen LogP contribution in [0.15, 0.2) is 30.6 Å². The van der Waals surface area contributed by atoms with E-state index in [9.17, 15) is 4.21 Å². The number of hydrogen-bond acceptors (Lipinski definition) is 8. The number of pyridine rings is 1. The Morgan fingerprint density at radius 2 is 1.00 bits per heavy atom. The predicted octanol–water partition coefficient (Wildman–Crippen LogP) is 3.25. The van der Waals surface area contributed by atoms with E-state index in [2.05, 4.69) is 66.5 Å². The summed E-state index contributed by atoms with van der Waals surface area (Å²) in [5.41, 5.74) is 0. The molecule has 0 atom stereocenters. The minimum Gasteiger partial charge on any atom is -0.394 e. The molecular formula is C17H31Br4NO7S. The number of rotatable bonds is 14. The molecule has 180 valence electrons. The van der Waals surface area contributed by atoms with Crippen molar-refractivity contribution in [1.29, 1.82) is 0 Å². The molecule has 1 heterocycles. The van der Waals surface area contributed by atoms with E-state index in [1.807, 2.05) is 18.2 Å². The lowest BCUT2D eigenvalue weighted by molar-refractivity contribution is 0.0222. The first kappa shape index (κ1) is 35.6. The normalized spacial score (nSPS) is 9.57. The third kappa shape index (κ3) is 51.5. The van der Waals surface area contributed by atoms with Crippen LogP contribution in [-0.2, 0) is 26.6 Å². The van der Waals surface area contributed by atoms with E-state index in [-0.39, 0.29) is 13.2 Å². The van der Waals surface area contributed by atoms with Gasteiger partial charge in [0.2, 0.25) is 0 Å². The molecule has 0 bridgehead atoms. The number of alkyl halides is 2. The van der Waals surface area contributed by atoms with E-state index < -0.39 is 7.67 Å². The standard InChI is InChI=1S/C6H12Br2O2.C6H14O4.C5H5N.Br2OS/c2*7-1-3-9-5-6-10-4-2-8;1-2-4-6-5-3-1;1-4(2)3/h1-6H2;7-8H,1-6H2;1-5H;. The molecule has 0 fully saturated rings. The summed E-state index contributed by atoms with van der Waals surface area (Å²) in [6, 6.07) is 5.72. The summed E-state index contributed by atoms with van der Waals surface area (Å²) in [5.74, 6) is 0. The van der Waals surface area contributed by atoms with Crippen LogP contribution in [0.25, 0.3) is 0 Å². The highest BCUT2D eigenvalue weighted by Crippen LogP contribution is 1.98. The second-order valence-electron chi connectivity index (χ2n) is 4.48. The zero-order chi connectivity index (χ0) is 23.1. The molecule has 0 amide bonds. The van der Waals surface area contributed by atoms with Crippen molar-refractivity contribution in [3.63, 3.8) is 0 Å². The molecule has 13 heteroatoms. The number of aliphatic hydroxyl groups is 2. The lowest BCUT2D eigenvalue weighted by atomic mass is 10.5. The first-order valence-corrected chi connectivity index (χ1v) is 15.9. The van der Waals surface area contributed by atoms with Gasteiger partial charge in [0.15, 0.2) is 7.67 Å². The minimum atomic E-state index is -0.986. The number of aromatic nitrogens is 1. The monoisotopic (exact) mass is 709 g/mol. The van der Waals surface area contributed by atoms with Gasteiger partial charge in [0, 0.05) is 52.7 Å². The Morgan fingerprint density at radius 3 is 1.20 bits per heavy atom. The average molecular weight is 713 g/mol. The Hall–Kier alpha value is 0.980. The van der Waals surface area contributed by atoms with Crippen LogP contribution in [0.2, 0.25) is 0 Å². The van der Waals surface area contributed by atoms with Crippen LogP contribution in [0.1, 0.15) is 0 Å². The third-order valence-electron chi connectivity index (χ3n) is 2.22. The molecule has 0 aromatic carbocycles. The highest BCUT2D eigenvalue weighted by atomic mass is 79.9. The molecule has 1 rings (SSSR count). The fourth-order valence-corrected chi connectivity index (χ4v) is 1.65. The van der Waals surface area contributed by atoms with Crippen LogP contribution >= 0.6 is 61.5 Å². The Balaban J connectivity index is -0.000000342. The molecule has 30 heavy (non-hydrogen) atoms. The van der Waals surface area contributed by atoms with Gasteiger partial charge < -0.3 is 29.2 Å². The molecule has 0 unspecified atom stereocenters. The van der Waals surface area contributed by atoms with Crippen molar-refractivity contribution >= 4 is 69.2 Å². The third-order valence-corrected chi connectivity index (χ3v) is 2.87. The number of aliphatic hydroxyl groups excluding tert-OH is 2. The molecule has 0 radical (unpaired) electrons. The molecule has 0 saturated heterocycles. The second kappa shape index (κ2) is 37.3. The molecule has 0 spiro atoms. The fraction of sp³-hybridized carbons (Fsp3) is 0.706. The van der Waals surface area contributed by atoms with Crippen LogP contribution in [0.4, 0.5) is 0 Å². The quantitative estimate of drug-likeness (QED) is 0.172. The lowest BCUT2D eigenvalue weighted by Gasteiger charge is -2.01. The molecule has 8 nitrogen and oxygen atoms in total. The largest absolute Gasteiger partial charge is 0.394 e. The summed E-state index contributed by atoms with van der Waals surface area (Å²) in [7, 11) is -0.986.